The zero-order chi connectivity index (χ0) is 54.4. The van der Waals surface area contributed by atoms with Crippen LogP contribution in [0.15, 0.2) is 295 Å². The van der Waals surface area contributed by atoms with E-state index < -0.39 is 56.1 Å². The van der Waals surface area contributed by atoms with Crippen molar-refractivity contribution in [2.45, 2.75) is 71.8 Å². The molecule has 6 nitrogen and oxygen atoms in total. The molecule has 0 spiro atoms. The van der Waals surface area contributed by atoms with Crippen LogP contribution in [0.5, 0.6) is 0 Å². The average Bonchev–Trinajstić information content (AvgIpc) is 4.03. The van der Waals surface area contributed by atoms with Crippen LogP contribution in [0, 0.1) is 0 Å². The maximum atomic E-state index is 17.5. The van der Waals surface area contributed by atoms with Gasteiger partial charge in [-0.15, -0.1) is 0 Å². The Hall–Kier alpha value is -8.42. The molecule has 3 aliphatic carbocycles. The summed E-state index contributed by atoms with van der Waals surface area (Å²) in [6, 6.07) is 87.1. The number of allylic oxidation sites excluding steroid dienone is 4. The van der Waals surface area contributed by atoms with Gasteiger partial charge in [0.2, 0.25) is 0 Å². The Bertz CT molecular complexity index is 3010. The first-order valence-corrected chi connectivity index (χ1v) is 30.9. The molecule has 9 aromatic rings. The van der Waals surface area contributed by atoms with Gasteiger partial charge in [0, 0.05) is 0 Å². The van der Waals surface area contributed by atoms with E-state index in [0.29, 0.717) is 62.9 Å². The molecule has 0 unspecified atom stereocenters. The summed E-state index contributed by atoms with van der Waals surface area (Å²) in [7, 11) is 0. The van der Waals surface area contributed by atoms with E-state index in [1.165, 1.54) is 11.1 Å². The summed E-state index contributed by atoms with van der Waals surface area (Å²) in [6.07, 6.45) is 6.69. The van der Waals surface area contributed by atoms with Crippen LogP contribution in [0.25, 0.3) is 0 Å². The van der Waals surface area contributed by atoms with E-state index in [0.717, 1.165) is 49.7 Å². The Morgan fingerprint density at radius 1 is 0.275 bits per heavy atom. The number of carbonyl (C=O) groups is 3. The second-order valence-corrected chi connectivity index (χ2v) is 24.9. The van der Waals surface area contributed by atoms with Gasteiger partial charge in [0.1, 0.15) is 0 Å². The van der Waals surface area contributed by atoms with Crippen molar-refractivity contribution >= 4 is 17.9 Å². The summed E-state index contributed by atoms with van der Waals surface area (Å²) in [6.45, 7) is 0. The molecule has 0 saturated carbocycles. The van der Waals surface area contributed by atoms with Crippen molar-refractivity contribution in [1.29, 1.82) is 0 Å². The zero-order valence-electron chi connectivity index (χ0n) is 44.7. The van der Waals surface area contributed by atoms with Gasteiger partial charge >= 0.3 is 477 Å². The van der Waals surface area contributed by atoms with Crippen molar-refractivity contribution in [1.82, 2.24) is 0 Å². The van der Waals surface area contributed by atoms with Gasteiger partial charge < -0.3 is 0 Å². The molecule has 0 saturated heterocycles. The van der Waals surface area contributed by atoms with E-state index in [9.17, 15) is 0 Å². The third kappa shape index (κ3) is 9.01. The van der Waals surface area contributed by atoms with E-state index in [2.05, 4.69) is 0 Å². The molecule has 0 bridgehead atoms. The van der Waals surface area contributed by atoms with E-state index >= 15 is 14.4 Å². The molecule has 0 atom stereocenters. The Balaban J connectivity index is 1.20. The number of fused-ring (bicyclic) bond motifs is 1. The predicted molar refractivity (Wildman–Crippen MR) is 311 cm³/mol. The number of benzene rings is 9. The molecule has 0 aromatic heterocycles. The first-order chi connectivity index (χ1) is 39.4. The quantitative estimate of drug-likeness (QED) is 0.0709. The molecule has 80 heavy (non-hydrogen) atoms. The van der Waals surface area contributed by atoms with Crippen molar-refractivity contribution in [2.75, 3.05) is 0 Å². The van der Waals surface area contributed by atoms with Crippen LogP contribution in [0.4, 0.5) is 0 Å². The van der Waals surface area contributed by atoms with Crippen LogP contribution >= 0.6 is 0 Å². The Labute approximate surface area is 474 Å². The van der Waals surface area contributed by atoms with Crippen molar-refractivity contribution in [3.8, 4) is 0 Å². The van der Waals surface area contributed by atoms with Gasteiger partial charge in [-0.3, -0.25) is 0 Å². The van der Waals surface area contributed by atoms with Crippen molar-refractivity contribution < 1.29 is 42.1 Å². The molecule has 0 aliphatic heterocycles. The summed E-state index contributed by atoms with van der Waals surface area (Å²) in [5.74, 6) is -2.13. The van der Waals surface area contributed by atoms with E-state index in [1.807, 2.05) is 273 Å². The maximum absolute atomic E-state index is 17.5. The summed E-state index contributed by atoms with van der Waals surface area (Å²) in [4.78, 5) is 52.4. The standard InChI is InChI=1S/3C20H16O2.C13H17.Ti/c3*21-19(22)20(16-10-4-1-5-11-16,17-12-6-2-7-13-17)18-14-8-3-9-15-18;1-3-7-12-10(5-1)9-11-6-2-4-8-13(11)12;/h3*1-15H,(H,21,22);9H,1-8H2;/q;;;;+3/p-3. The molecule has 3 aliphatic rings. The fourth-order valence-electron chi connectivity index (χ4n) is 13.4. The fraction of sp³-hybridized carbons (Fsp3) is 0.164. The summed E-state index contributed by atoms with van der Waals surface area (Å²) in [5, 5.41) is 0. The summed E-state index contributed by atoms with van der Waals surface area (Å²) in [5.41, 5.74) is 5.28. The summed E-state index contributed by atoms with van der Waals surface area (Å²) < 4.78 is 22.8. The van der Waals surface area contributed by atoms with Gasteiger partial charge in [-0.25, -0.2) is 0 Å². The third-order valence-corrected chi connectivity index (χ3v) is 21.3. The molecule has 394 valence electrons. The SMILES string of the molecule is O=C([O][Ti]([O]C(=O)C(c1ccccc1)(c1ccccc1)c1ccccc1)([O]C(=O)C(c1ccccc1)(c1ccccc1)c1ccccc1)[CH]1C2=C(CCCC2)C2=C1CCCC2)C(c1ccccc1)(c1ccccc1)c1ccccc1. The Kier molecular flexibility index (Phi) is 14.9. The van der Waals surface area contributed by atoms with Gasteiger partial charge in [0.15, 0.2) is 0 Å². The van der Waals surface area contributed by atoms with Crippen LogP contribution in [0.1, 0.15) is 101 Å². The fourth-order valence-corrected chi connectivity index (χ4v) is 18.4. The molecule has 0 N–H and O–H groups in total. The zero-order valence-corrected chi connectivity index (χ0v) is 46.2. The molecule has 0 heterocycles. The summed E-state index contributed by atoms with van der Waals surface area (Å²) >= 11 is -6.38. The minimum atomic E-state index is -6.38. The minimum absolute atomic E-state index is 0.636. The van der Waals surface area contributed by atoms with Crippen molar-refractivity contribution in [2.24, 2.45) is 0 Å². The van der Waals surface area contributed by atoms with Gasteiger partial charge in [-0.1, -0.05) is 0 Å². The van der Waals surface area contributed by atoms with Crippen molar-refractivity contribution in [3.63, 3.8) is 0 Å². The van der Waals surface area contributed by atoms with Crippen LogP contribution in [-0.4, -0.2) is 17.9 Å². The van der Waals surface area contributed by atoms with Gasteiger partial charge in [0.05, 0.1) is 0 Å². The molecule has 0 fully saturated rings. The van der Waals surface area contributed by atoms with E-state index in [1.54, 1.807) is 0 Å². The van der Waals surface area contributed by atoms with Gasteiger partial charge in [-0.05, 0) is 0 Å². The average molecular weight is 1080 g/mol. The second-order valence-electron chi connectivity index (χ2n) is 21.2. The molecular formula is C73H62O6Ti. The topological polar surface area (TPSA) is 78.9 Å². The number of hydrogen-bond acceptors (Lipinski definition) is 6. The third-order valence-electron chi connectivity index (χ3n) is 16.9. The van der Waals surface area contributed by atoms with Gasteiger partial charge in [0.25, 0.3) is 0 Å². The first-order valence-electron chi connectivity index (χ1n) is 28.1. The molecule has 0 radical (unpaired) electrons. The molecule has 9 aromatic carbocycles. The van der Waals surface area contributed by atoms with Crippen LogP contribution in [0.3, 0.4) is 0 Å². The van der Waals surface area contributed by atoms with E-state index in [-0.39, 0.29) is 0 Å². The number of rotatable bonds is 16. The van der Waals surface area contributed by atoms with Crippen LogP contribution in [0.2, 0.25) is 4.22 Å². The van der Waals surface area contributed by atoms with E-state index in [4.69, 9.17) is 9.96 Å². The predicted octanol–water partition coefficient (Wildman–Crippen LogP) is 16.2. The Morgan fingerprint density at radius 3 is 0.637 bits per heavy atom. The molecular weight excluding hydrogens is 1020 g/mol. The number of carbonyl (C=O) groups excluding carboxylic acids is 3. The first kappa shape index (κ1) is 52.3. The normalized spacial score (nSPS) is 14.8. The van der Waals surface area contributed by atoms with Gasteiger partial charge in [-0.2, -0.15) is 0 Å². The molecule has 7 heteroatoms. The second kappa shape index (κ2) is 22.7. The van der Waals surface area contributed by atoms with Crippen LogP contribution in [-0.2, 0) is 58.3 Å². The monoisotopic (exact) mass is 1080 g/mol. The molecule has 0 amide bonds. The molecule has 12 rings (SSSR count). The number of hydrogen-bond donors (Lipinski definition) is 0. The van der Waals surface area contributed by atoms with Crippen LogP contribution < -0.4 is 0 Å². The van der Waals surface area contributed by atoms with Crippen molar-refractivity contribution in [3.05, 3.63) is 345 Å². The Morgan fingerprint density at radius 2 is 0.450 bits per heavy atom.